The van der Waals surface area contributed by atoms with E-state index >= 15 is 0 Å². The lowest BCUT2D eigenvalue weighted by Gasteiger charge is -2.33. The molecular formula is C22H24N6O2. The molecule has 154 valence electrons. The SMILES string of the molecule is Cc1cc(=O)c(C(=O)Nc2ccc(N3CCN(C)CC3)nc2)nn1-c1ccccc1. The fourth-order valence-electron chi connectivity index (χ4n) is 3.41. The van der Waals surface area contributed by atoms with Crippen LogP contribution in [0, 0.1) is 6.92 Å². The van der Waals surface area contributed by atoms with Crippen molar-refractivity contribution >= 4 is 17.4 Å². The zero-order valence-electron chi connectivity index (χ0n) is 17.1. The Morgan fingerprint density at radius 3 is 2.43 bits per heavy atom. The Kier molecular flexibility index (Phi) is 5.58. The first-order valence-electron chi connectivity index (χ1n) is 9.88. The molecule has 0 unspecified atom stereocenters. The quantitative estimate of drug-likeness (QED) is 0.716. The molecule has 0 radical (unpaired) electrons. The number of carbonyl (C=O) groups is 1. The maximum absolute atomic E-state index is 12.7. The molecule has 8 heteroatoms. The summed E-state index contributed by atoms with van der Waals surface area (Å²) in [6, 6.07) is 14.5. The van der Waals surface area contributed by atoms with Crippen molar-refractivity contribution in [3.05, 3.63) is 76.3 Å². The number of aromatic nitrogens is 3. The number of amides is 1. The zero-order valence-corrected chi connectivity index (χ0v) is 17.1. The van der Waals surface area contributed by atoms with Gasteiger partial charge in [0.25, 0.3) is 5.91 Å². The van der Waals surface area contributed by atoms with Crippen LogP contribution in [0.1, 0.15) is 16.2 Å². The van der Waals surface area contributed by atoms with E-state index in [1.165, 1.54) is 6.07 Å². The number of carbonyl (C=O) groups excluding carboxylic acids is 1. The van der Waals surface area contributed by atoms with Crippen LogP contribution >= 0.6 is 0 Å². The number of likely N-dealkylation sites (N-methyl/N-ethyl adjacent to an activating group) is 1. The van der Waals surface area contributed by atoms with E-state index in [1.807, 2.05) is 36.4 Å². The lowest BCUT2D eigenvalue weighted by atomic mass is 10.2. The Hall–Kier alpha value is -3.52. The molecule has 30 heavy (non-hydrogen) atoms. The van der Waals surface area contributed by atoms with E-state index in [4.69, 9.17) is 0 Å². The summed E-state index contributed by atoms with van der Waals surface area (Å²) >= 11 is 0. The molecule has 1 aliphatic heterocycles. The Labute approximate surface area is 174 Å². The number of aryl methyl sites for hydroxylation is 1. The average molecular weight is 404 g/mol. The maximum atomic E-state index is 12.7. The highest BCUT2D eigenvalue weighted by Crippen LogP contribution is 2.16. The molecular weight excluding hydrogens is 380 g/mol. The van der Waals surface area contributed by atoms with E-state index in [2.05, 4.69) is 32.2 Å². The van der Waals surface area contributed by atoms with Gasteiger partial charge in [0.15, 0.2) is 5.69 Å². The van der Waals surface area contributed by atoms with Crippen molar-refractivity contribution in [2.75, 3.05) is 43.4 Å². The van der Waals surface area contributed by atoms with Gasteiger partial charge in [0.05, 0.1) is 17.6 Å². The molecule has 0 saturated carbocycles. The predicted octanol–water partition coefficient (Wildman–Crippen LogP) is 1.94. The highest BCUT2D eigenvalue weighted by molar-refractivity contribution is 6.02. The third-order valence-corrected chi connectivity index (χ3v) is 5.16. The Bertz CT molecular complexity index is 1090. The Morgan fingerprint density at radius 1 is 1.03 bits per heavy atom. The van der Waals surface area contributed by atoms with Gasteiger partial charge in [0.1, 0.15) is 5.82 Å². The number of rotatable bonds is 4. The molecule has 0 atom stereocenters. The van der Waals surface area contributed by atoms with E-state index < -0.39 is 11.3 Å². The molecule has 4 rings (SSSR count). The molecule has 8 nitrogen and oxygen atoms in total. The number of piperazine rings is 1. The van der Waals surface area contributed by atoms with Crippen LogP contribution in [0.2, 0.25) is 0 Å². The van der Waals surface area contributed by atoms with Crippen LogP contribution in [-0.4, -0.2) is 58.8 Å². The van der Waals surface area contributed by atoms with Gasteiger partial charge in [0, 0.05) is 37.9 Å². The van der Waals surface area contributed by atoms with Crippen LogP contribution in [-0.2, 0) is 0 Å². The maximum Gasteiger partial charge on any atom is 0.280 e. The summed E-state index contributed by atoms with van der Waals surface area (Å²) < 4.78 is 1.59. The van der Waals surface area contributed by atoms with Crippen molar-refractivity contribution in [2.45, 2.75) is 6.92 Å². The number of hydrogen-bond acceptors (Lipinski definition) is 6. The molecule has 3 heterocycles. The molecule has 0 aliphatic carbocycles. The number of nitrogens with one attached hydrogen (secondary N) is 1. The summed E-state index contributed by atoms with van der Waals surface area (Å²) in [6.45, 7) is 5.60. The molecule has 1 saturated heterocycles. The van der Waals surface area contributed by atoms with Gasteiger partial charge in [-0.2, -0.15) is 5.10 Å². The summed E-state index contributed by atoms with van der Waals surface area (Å²) in [5.74, 6) is 0.319. The second kappa shape index (κ2) is 8.46. The predicted molar refractivity (Wildman–Crippen MR) is 116 cm³/mol. The minimum atomic E-state index is -0.557. The molecule has 1 amide bonds. The second-order valence-electron chi connectivity index (χ2n) is 7.40. The van der Waals surface area contributed by atoms with Crippen LogP contribution in [0.5, 0.6) is 0 Å². The molecule has 0 spiro atoms. The van der Waals surface area contributed by atoms with Crippen LogP contribution in [0.25, 0.3) is 5.69 Å². The van der Waals surface area contributed by atoms with E-state index in [9.17, 15) is 9.59 Å². The second-order valence-corrected chi connectivity index (χ2v) is 7.40. The van der Waals surface area contributed by atoms with E-state index in [-0.39, 0.29) is 5.69 Å². The number of anilines is 2. The summed E-state index contributed by atoms with van der Waals surface area (Å²) in [6.07, 6.45) is 1.61. The first-order chi connectivity index (χ1) is 14.5. The molecule has 2 aromatic heterocycles. The van der Waals surface area contributed by atoms with Gasteiger partial charge >= 0.3 is 0 Å². The topological polar surface area (TPSA) is 83.4 Å². The third-order valence-electron chi connectivity index (χ3n) is 5.16. The summed E-state index contributed by atoms with van der Waals surface area (Å²) in [7, 11) is 2.11. The van der Waals surface area contributed by atoms with Crippen molar-refractivity contribution in [3.8, 4) is 5.69 Å². The van der Waals surface area contributed by atoms with Crippen molar-refractivity contribution in [1.82, 2.24) is 19.7 Å². The Morgan fingerprint density at radius 2 is 1.77 bits per heavy atom. The molecule has 1 fully saturated rings. The van der Waals surface area contributed by atoms with Gasteiger partial charge in [-0.3, -0.25) is 9.59 Å². The number of benzene rings is 1. The average Bonchev–Trinajstić information content (AvgIpc) is 2.75. The lowest BCUT2D eigenvalue weighted by molar-refractivity contribution is 0.101. The molecule has 1 N–H and O–H groups in total. The number of pyridine rings is 1. The van der Waals surface area contributed by atoms with Crippen LogP contribution < -0.4 is 15.6 Å². The zero-order chi connectivity index (χ0) is 21.1. The minimum absolute atomic E-state index is 0.160. The van der Waals surface area contributed by atoms with Crippen LogP contribution in [0.15, 0.2) is 59.5 Å². The van der Waals surface area contributed by atoms with Gasteiger partial charge in [-0.1, -0.05) is 18.2 Å². The summed E-state index contributed by atoms with van der Waals surface area (Å²) in [5.41, 5.74) is 1.38. The van der Waals surface area contributed by atoms with Crippen molar-refractivity contribution in [2.24, 2.45) is 0 Å². The lowest BCUT2D eigenvalue weighted by Crippen LogP contribution is -2.44. The number of para-hydroxylation sites is 1. The van der Waals surface area contributed by atoms with E-state index in [1.54, 1.807) is 23.9 Å². The molecule has 0 bridgehead atoms. The standard InChI is InChI=1S/C22H24N6O2/c1-16-14-19(29)21(25-28(16)18-6-4-3-5-7-18)22(30)24-17-8-9-20(23-15-17)27-12-10-26(2)11-13-27/h3-9,14-15H,10-13H2,1-2H3,(H,24,30). The van der Waals surface area contributed by atoms with Crippen LogP contribution in [0.3, 0.4) is 0 Å². The van der Waals surface area contributed by atoms with Gasteiger partial charge in [0.2, 0.25) is 5.43 Å². The van der Waals surface area contributed by atoms with Gasteiger partial charge in [-0.05, 0) is 38.2 Å². The smallest absolute Gasteiger partial charge is 0.280 e. The largest absolute Gasteiger partial charge is 0.354 e. The fraction of sp³-hybridized carbons (Fsp3) is 0.273. The highest BCUT2D eigenvalue weighted by Gasteiger charge is 2.17. The van der Waals surface area contributed by atoms with Crippen molar-refractivity contribution < 1.29 is 4.79 Å². The monoisotopic (exact) mass is 404 g/mol. The molecule has 1 aromatic carbocycles. The first kappa shape index (κ1) is 19.8. The van der Waals surface area contributed by atoms with E-state index in [0.717, 1.165) is 37.7 Å². The van der Waals surface area contributed by atoms with Gasteiger partial charge in [-0.15, -0.1) is 0 Å². The molecule has 3 aromatic rings. The summed E-state index contributed by atoms with van der Waals surface area (Å²) in [5, 5.41) is 7.03. The van der Waals surface area contributed by atoms with E-state index in [0.29, 0.717) is 11.4 Å². The minimum Gasteiger partial charge on any atom is -0.354 e. The van der Waals surface area contributed by atoms with Gasteiger partial charge in [-0.25, -0.2) is 9.67 Å². The summed E-state index contributed by atoms with van der Waals surface area (Å²) in [4.78, 5) is 34.1. The first-order valence-corrected chi connectivity index (χ1v) is 9.88. The van der Waals surface area contributed by atoms with Crippen molar-refractivity contribution in [3.63, 3.8) is 0 Å². The van der Waals surface area contributed by atoms with Gasteiger partial charge < -0.3 is 15.1 Å². The normalized spacial score (nSPS) is 14.5. The Balaban J connectivity index is 1.52. The molecule has 1 aliphatic rings. The fourth-order valence-corrected chi connectivity index (χ4v) is 3.41. The third kappa shape index (κ3) is 4.23. The highest BCUT2D eigenvalue weighted by atomic mass is 16.2. The van der Waals surface area contributed by atoms with Crippen molar-refractivity contribution in [1.29, 1.82) is 0 Å². The number of nitrogens with zero attached hydrogens (tertiary/aromatic N) is 5. The van der Waals surface area contributed by atoms with Crippen LogP contribution in [0.4, 0.5) is 11.5 Å². The number of hydrogen-bond donors (Lipinski definition) is 1.